The lowest BCUT2D eigenvalue weighted by molar-refractivity contribution is 0.376. The van der Waals surface area contributed by atoms with E-state index in [0.29, 0.717) is 22.8 Å². The molecule has 1 aliphatic carbocycles. The van der Waals surface area contributed by atoms with Crippen molar-refractivity contribution >= 4 is 16.8 Å². The van der Waals surface area contributed by atoms with Gasteiger partial charge >= 0.3 is 0 Å². The zero-order valence-electron chi connectivity index (χ0n) is 17.1. The van der Waals surface area contributed by atoms with E-state index in [9.17, 15) is 8.78 Å². The normalized spacial score (nSPS) is 19.5. The summed E-state index contributed by atoms with van der Waals surface area (Å²) in [5, 5.41) is 0.00142. The van der Waals surface area contributed by atoms with Crippen molar-refractivity contribution in [2.24, 2.45) is 5.92 Å². The van der Waals surface area contributed by atoms with Gasteiger partial charge in [0.15, 0.2) is 11.6 Å². The number of hydrogen-bond acceptors (Lipinski definition) is 0. The third kappa shape index (κ3) is 3.69. The Balaban J connectivity index is 1.64. The molecule has 3 heteroatoms. The van der Waals surface area contributed by atoms with Crippen LogP contribution in [0.25, 0.3) is 28.0 Å². The molecule has 0 N–H and O–H groups in total. The Kier molecular flexibility index (Phi) is 5.80. The molecule has 30 heavy (non-hydrogen) atoms. The van der Waals surface area contributed by atoms with Crippen LogP contribution in [0.1, 0.15) is 49.7 Å². The molecule has 3 aromatic rings. The number of fused-ring (bicyclic) bond motifs is 1. The van der Waals surface area contributed by atoms with E-state index in [0.717, 1.165) is 12.8 Å². The zero-order chi connectivity index (χ0) is 21.3. The van der Waals surface area contributed by atoms with Crippen molar-refractivity contribution in [3.8, 4) is 11.1 Å². The van der Waals surface area contributed by atoms with Crippen LogP contribution in [0, 0.1) is 23.4 Å². The van der Waals surface area contributed by atoms with E-state index in [1.54, 1.807) is 12.1 Å². The van der Waals surface area contributed by atoms with Crippen molar-refractivity contribution in [3.63, 3.8) is 0 Å². The van der Waals surface area contributed by atoms with Crippen LogP contribution in [0.5, 0.6) is 0 Å². The first-order valence-electron chi connectivity index (χ1n) is 10.5. The average molecular weight is 406 g/mol. The maximum absolute atomic E-state index is 15.2. The molecule has 0 atom stereocenters. The fraction of sp³-hybridized carbons (Fsp3) is 0.259. The minimum Gasteiger partial charge on any atom is -0.206 e. The first-order chi connectivity index (χ1) is 14.5. The Bertz CT molecular complexity index is 1100. The van der Waals surface area contributed by atoms with E-state index in [4.69, 9.17) is 0 Å². The van der Waals surface area contributed by atoms with Gasteiger partial charge in [0.25, 0.3) is 0 Å². The molecule has 0 spiro atoms. The highest BCUT2D eigenvalue weighted by Crippen LogP contribution is 2.38. The number of halogens is 3. The molecule has 154 valence electrons. The molecule has 0 unspecified atom stereocenters. The lowest BCUT2D eigenvalue weighted by Crippen LogP contribution is -2.11. The molecule has 0 radical (unpaired) electrons. The van der Waals surface area contributed by atoms with Crippen LogP contribution in [0.3, 0.4) is 0 Å². The van der Waals surface area contributed by atoms with Crippen molar-refractivity contribution in [1.82, 2.24) is 0 Å². The van der Waals surface area contributed by atoms with Gasteiger partial charge in [-0.25, -0.2) is 13.2 Å². The molecule has 0 aromatic heterocycles. The molecule has 4 rings (SSSR count). The average Bonchev–Trinajstić information content (AvgIpc) is 2.77. The van der Waals surface area contributed by atoms with Gasteiger partial charge in [-0.1, -0.05) is 61.2 Å². The Morgan fingerprint density at radius 2 is 1.57 bits per heavy atom. The number of hydrogen-bond donors (Lipinski definition) is 0. The SMILES string of the molecule is C=Cc1cc2ccc(-c3ccc(C4CCC(/C=C/C)CC4)cc3)c(F)c2c(F)c1F. The second-order valence-corrected chi connectivity index (χ2v) is 8.08. The third-order valence-electron chi connectivity index (χ3n) is 6.30. The molecule has 1 aliphatic rings. The van der Waals surface area contributed by atoms with Crippen LogP contribution in [0.4, 0.5) is 13.2 Å². The molecule has 1 fully saturated rings. The number of allylic oxidation sites excluding steroid dienone is 2. The lowest BCUT2D eigenvalue weighted by Gasteiger charge is -2.27. The molecule has 0 nitrogen and oxygen atoms in total. The van der Waals surface area contributed by atoms with Crippen molar-refractivity contribution < 1.29 is 13.2 Å². The summed E-state index contributed by atoms with van der Waals surface area (Å²) < 4.78 is 43.9. The fourth-order valence-corrected chi connectivity index (χ4v) is 4.63. The predicted molar refractivity (Wildman–Crippen MR) is 119 cm³/mol. The second-order valence-electron chi connectivity index (χ2n) is 8.08. The van der Waals surface area contributed by atoms with Crippen LogP contribution < -0.4 is 0 Å². The van der Waals surface area contributed by atoms with Crippen molar-refractivity contribution in [1.29, 1.82) is 0 Å². The van der Waals surface area contributed by atoms with Gasteiger partial charge in [0.1, 0.15) is 5.82 Å². The van der Waals surface area contributed by atoms with Gasteiger partial charge in [0, 0.05) is 11.1 Å². The molecule has 0 bridgehead atoms. The highest BCUT2D eigenvalue weighted by atomic mass is 19.2. The molecule has 0 aliphatic heterocycles. The maximum atomic E-state index is 15.2. The van der Waals surface area contributed by atoms with E-state index >= 15 is 4.39 Å². The van der Waals surface area contributed by atoms with Crippen LogP contribution in [0.2, 0.25) is 0 Å². The topological polar surface area (TPSA) is 0 Å². The largest absolute Gasteiger partial charge is 0.206 e. The molecule has 0 heterocycles. The second kappa shape index (κ2) is 8.51. The van der Waals surface area contributed by atoms with E-state index < -0.39 is 17.5 Å². The zero-order valence-corrected chi connectivity index (χ0v) is 17.1. The van der Waals surface area contributed by atoms with Gasteiger partial charge in [-0.05, 0) is 67.0 Å². The summed E-state index contributed by atoms with van der Waals surface area (Å²) in [6.45, 7) is 5.55. The van der Waals surface area contributed by atoms with Crippen molar-refractivity contribution in [2.45, 2.75) is 38.5 Å². The fourth-order valence-electron chi connectivity index (χ4n) is 4.63. The molecular formula is C27H25F3. The van der Waals surface area contributed by atoms with Gasteiger partial charge in [-0.2, -0.15) is 0 Å². The van der Waals surface area contributed by atoms with Crippen LogP contribution in [0.15, 0.2) is 61.2 Å². The smallest absolute Gasteiger partial charge is 0.170 e. The summed E-state index contributed by atoms with van der Waals surface area (Å²) in [6.07, 6.45) is 10.3. The van der Waals surface area contributed by atoms with Gasteiger partial charge in [-0.15, -0.1) is 0 Å². The Labute approximate surface area is 175 Å². The molecular weight excluding hydrogens is 381 g/mol. The van der Waals surface area contributed by atoms with Gasteiger partial charge in [0.2, 0.25) is 0 Å². The van der Waals surface area contributed by atoms with E-state index in [1.165, 1.54) is 30.5 Å². The molecule has 0 saturated heterocycles. The quantitative estimate of drug-likeness (QED) is 0.381. The lowest BCUT2D eigenvalue weighted by atomic mass is 9.78. The number of benzene rings is 3. The van der Waals surface area contributed by atoms with E-state index in [2.05, 4.69) is 25.7 Å². The van der Waals surface area contributed by atoms with Crippen molar-refractivity contribution in [2.75, 3.05) is 0 Å². The van der Waals surface area contributed by atoms with Crippen molar-refractivity contribution in [3.05, 3.63) is 89.8 Å². The van der Waals surface area contributed by atoms with Crippen LogP contribution in [-0.2, 0) is 0 Å². The minimum absolute atomic E-state index is 0.0284. The third-order valence-corrected chi connectivity index (χ3v) is 6.30. The maximum Gasteiger partial charge on any atom is 0.170 e. The van der Waals surface area contributed by atoms with E-state index in [-0.39, 0.29) is 16.5 Å². The van der Waals surface area contributed by atoms with Gasteiger partial charge in [-0.3, -0.25) is 0 Å². The summed E-state index contributed by atoms with van der Waals surface area (Å²) in [4.78, 5) is 0. The Morgan fingerprint density at radius 1 is 0.867 bits per heavy atom. The first kappa shape index (κ1) is 20.5. The van der Waals surface area contributed by atoms with Gasteiger partial charge < -0.3 is 0 Å². The summed E-state index contributed by atoms with van der Waals surface area (Å²) >= 11 is 0. The molecule has 0 amide bonds. The molecule has 3 aromatic carbocycles. The summed E-state index contributed by atoms with van der Waals surface area (Å²) in [5.74, 6) is -1.78. The van der Waals surface area contributed by atoms with E-state index in [1.807, 2.05) is 24.3 Å². The van der Waals surface area contributed by atoms with Gasteiger partial charge in [0.05, 0.1) is 5.39 Å². The summed E-state index contributed by atoms with van der Waals surface area (Å²) in [5.41, 5.74) is 2.22. The highest BCUT2D eigenvalue weighted by molar-refractivity contribution is 5.90. The highest BCUT2D eigenvalue weighted by Gasteiger charge is 2.22. The Morgan fingerprint density at radius 3 is 2.20 bits per heavy atom. The minimum atomic E-state index is -1.17. The summed E-state index contributed by atoms with van der Waals surface area (Å²) in [7, 11) is 0. The standard InChI is InChI=1S/C27H25F3/c1-3-5-17-6-8-19(9-7-17)20-10-12-21(13-11-20)23-15-14-22-16-18(4-2)25(28)27(30)24(22)26(23)29/h3-5,10-17,19H,2,6-9H2,1H3/b5-3+. The predicted octanol–water partition coefficient (Wildman–Crippen LogP) is 8.42. The van der Waals surface area contributed by atoms with Crippen LogP contribution in [-0.4, -0.2) is 0 Å². The summed E-state index contributed by atoms with van der Waals surface area (Å²) in [6, 6.07) is 12.5. The first-order valence-corrected chi connectivity index (χ1v) is 10.5. The number of rotatable bonds is 4. The monoisotopic (exact) mass is 406 g/mol. The Hall–Kier alpha value is -2.81. The molecule has 1 saturated carbocycles. The van der Waals surface area contributed by atoms with Crippen LogP contribution >= 0.6 is 0 Å².